The van der Waals surface area contributed by atoms with Gasteiger partial charge in [-0.3, -0.25) is 0 Å². The number of halogens is 18. The fourth-order valence-corrected chi connectivity index (χ4v) is 0. The molecule has 0 aliphatic rings. The molecule has 23 heavy (non-hydrogen) atoms. The van der Waals surface area contributed by atoms with Crippen LogP contribution >= 0.6 is 0 Å². The second-order valence-electron chi connectivity index (χ2n) is 1.78. The van der Waals surface area contributed by atoms with Crippen molar-refractivity contribution in [3.8, 4) is 0 Å². The van der Waals surface area contributed by atoms with E-state index in [2.05, 4.69) is 0 Å². The van der Waals surface area contributed by atoms with Gasteiger partial charge in [0, 0.05) is 0 Å². The third kappa shape index (κ3) is 2050. The first kappa shape index (κ1) is 36.4. The maximum atomic E-state index is 9.90. The molecule has 0 aromatic rings. The Morgan fingerprint density at radius 3 is 0.304 bits per heavy atom. The van der Waals surface area contributed by atoms with Crippen molar-refractivity contribution in [1.82, 2.24) is 0 Å². The number of rotatable bonds is 0. The normalized spacial score (nSPS) is 10.2. The van der Waals surface area contributed by atoms with E-state index >= 15 is 0 Å². The molecular formula is Al2F18Zr3. The van der Waals surface area contributed by atoms with Gasteiger partial charge < -0.3 is 21.1 Å². The predicted octanol–water partition coefficient (Wildman–Crippen LogP) is 6.79. The first-order valence-corrected chi connectivity index (χ1v) is 17.3. The predicted molar refractivity (Wildman–Crippen MR) is 31.5 cm³/mol. The van der Waals surface area contributed by atoms with Gasteiger partial charge in [-0.15, -0.1) is 0 Å². The molecule has 0 spiro atoms. The van der Waals surface area contributed by atoms with Crippen LogP contribution in [0.25, 0.3) is 0 Å². The molecule has 0 aliphatic heterocycles. The quantitative estimate of drug-likeness (QED) is 0.197. The van der Waals surface area contributed by atoms with Crippen molar-refractivity contribution in [1.29, 1.82) is 0 Å². The van der Waals surface area contributed by atoms with Crippen molar-refractivity contribution in [2.45, 2.75) is 0 Å². The topological polar surface area (TPSA) is 0 Å². The van der Waals surface area contributed by atoms with Crippen molar-refractivity contribution in [2.24, 2.45) is 0 Å². The fourth-order valence-electron chi connectivity index (χ4n) is 0. The summed E-state index contributed by atoms with van der Waals surface area (Å²) in [5, 5.41) is 0. The van der Waals surface area contributed by atoms with E-state index in [1.807, 2.05) is 0 Å². The van der Waals surface area contributed by atoms with Gasteiger partial charge in [-0.25, -0.2) is 0 Å². The molecule has 0 N–H and O–H groups in total. The Bertz CT molecular complexity index is 152. The van der Waals surface area contributed by atoms with Crippen LogP contribution in [0.2, 0.25) is 0 Å². The van der Waals surface area contributed by atoms with Crippen LogP contribution in [-0.4, -0.2) is 31.1 Å². The molecule has 0 aromatic carbocycles. The van der Waals surface area contributed by atoms with Crippen LogP contribution in [0, 0.1) is 0 Å². The van der Waals surface area contributed by atoms with Crippen LogP contribution in [0.15, 0.2) is 0 Å². The Morgan fingerprint density at radius 2 is 0.304 bits per heavy atom. The van der Waals surface area contributed by atoms with Crippen molar-refractivity contribution in [3.05, 3.63) is 0 Å². The number of hydrogen-bond acceptors (Lipinski definition) is 0. The summed E-state index contributed by atoms with van der Waals surface area (Å²) in [5.41, 5.74) is 0. The zero-order valence-electron chi connectivity index (χ0n) is 9.46. The summed E-state index contributed by atoms with van der Waals surface area (Å²) in [6.45, 7) is 0. The molecule has 0 heterocycles. The molecule has 0 nitrogen and oxygen atoms in total. The van der Waals surface area contributed by atoms with E-state index in [0.717, 1.165) is 0 Å². The van der Waals surface area contributed by atoms with E-state index in [1.54, 1.807) is 0 Å². The Balaban J connectivity index is -0.0000000589. The SMILES string of the molecule is [F][Al]([F])[F].[F][Al]([F])[F].[F][Zr]([F])([F])[F].[F][Zr]([F])([F])[F].[F][Zr]([F])([F])[F]. The zero-order valence-corrected chi connectivity index (χ0v) is 19.1. The van der Waals surface area contributed by atoms with Gasteiger partial charge in [-0.1, -0.05) is 0 Å². The first-order valence-electron chi connectivity index (χ1n) is 3.58. The average Bonchev–Trinajstić information content (AvgIpc) is 1.85. The van der Waals surface area contributed by atoms with Crippen LogP contribution in [0.1, 0.15) is 0 Å². The maximum absolute atomic E-state index is 9.90. The van der Waals surface area contributed by atoms with E-state index in [1.165, 1.54) is 0 Å². The summed E-state index contributed by atoms with van der Waals surface area (Å²) >= 11 is -30.8. The molecule has 0 aromatic heterocycles. The molecule has 23 heteroatoms. The first-order chi connectivity index (χ1) is 9.46. The summed E-state index contributed by atoms with van der Waals surface area (Å²) in [6.07, 6.45) is 0. The summed E-state index contributed by atoms with van der Waals surface area (Å²) in [4.78, 5) is 0. The standard InChI is InChI=1S/2Al.18FH.3Zr/h;;18*1H;;;/q2*+3;;;;;;;;;;;;;;;;;;;3*+4/p-18. The molecule has 0 saturated carbocycles. The molecule has 0 aliphatic carbocycles. The molecular weight excluding hydrogens is 670 g/mol. The van der Waals surface area contributed by atoms with Crippen LogP contribution < -0.4 is 0 Å². The molecule has 0 amide bonds. The van der Waals surface area contributed by atoms with Gasteiger partial charge >= 0.3 is 131 Å². The molecule has 144 valence electrons. The van der Waals surface area contributed by atoms with Gasteiger partial charge in [0.25, 0.3) is 0 Å². The van der Waals surface area contributed by atoms with Gasteiger partial charge in [-0.2, -0.15) is 0 Å². The summed E-state index contributed by atoms with van der Waals surface area (Å²) in [6, 6.07) is 0. The Hall–Kier alpha value is 2.45. The second-order valence-corrected chi connectivity index (χ2v) is 9.09. The van der Waals surface area contributed by atoms with Crippen molar-refractivity contribution >= 4 is 31.1 Å². The molecule has 0 unspecified atom stereocenters. The third-order valence-corrected chi connectivity index (χ3v) is 0. The van der Waals surface area contributed by atoms with Crippen molar-refractivity contribution in [3.63, 3.8) is 0 Å². The van der Waals surface area contributed by atoms with E-state index in [4.69, 9.17) is 0 Å². The molecule has 0 rings (SSSR count). The van der Waals surface area contributed by atoms with E-state index in [9.17, 15) is 52.7 Å². The molecule has 0 saturated heterocycles. The van der Waals surface area contributed by atoms with Gasteiger partial charge in [0.1, 0.15) is 0 Å². The van der Waals surface area contributed by atoms with Gasteiger partial charge in [0.15, 0.2) is 0 Å². The van der Waals surface area contributed by atoms with Crippen LogP contribution in [0.3, 0.4) is 0 Å². The van der Waals surface area contributed by atoms with Crippen LogP contribution in [0.5, 0.6) is 0 Å². The van der Waals surface area contributed by atoms with Crippen molar-refractivity contribution in [2.75, 3.05) is 0 Å². The Kier molecular flexibility index (Phi) is 30.4. The zero-order chi connectivity index (χ0) is 20.7. The van der Waals surface area contributed by atoms with Gasteiger partial charge in [-0.05, 0) is 0 Å². The van der Waals surface area contributed by atoms with E-state index in [0.29, 0.717) is 0 Å². The van der Waals surface area contributed by atoms with Crippen LogP contribution in [-0.2, 0) is 68.1 Å². The van der Waals surface area contributed by atoms with Crippen molar-refractivity contribution < 1.29 is 121 Å². The average molecular weight is 670 g/mol. The summed E-state index contributed by atoms with van der Waals surface area (Å²) in [5.74, 6) is 0. The fraction of sp³-hybridized carbons (Fsp3) is 0. The monoisotopic (exact) mass is 666 g/mol. The Labute approximate surface area is 150 Å². The van der Waals surface area contributed by atoms with Gasteiger partial charge in [0.05, 0.1) is 0 Å². The minimum absolute atomic E-state index is 4.64. The second kappa shape index (κ2) is 19.2. The minimum atomic E-state index is -7.18. The van der Waals surface area contributed by atoms with Gasteiger partial charge in [0.2, 0.25) is 0 Å². The third-order valence-electron chi connectivity index (χ3n) is 0. The molecule has 0 bridgehead atoms. The molecule has 0 radical (unpaired) electrons. The van der Waals surface area contributed by atoms with Crippen LogP contribution in [0.4, 0.5) is 52.7 Å². The molecule has 0 atom stereocenters. The molecule has 0 fully saturated rings. The van der Waals surface area contributed by atoms with E-state index < -0.39 is 99.2 Å². The summed E-state index contributed by atoms with van der Waals surface area (Å²) < 4.78 is 178. The number of hydrogen-bond donors (Lipinski definition) is 0. The Morgan fingerprint density at radius 1 is 0.304 bits per heavy atom. The van der Waals surface area contributed by atoms with E-state index in [-0.39, 0.29) is 0 Å². The summed E-state index contributed by atoms with van der Waals surface area (Å²) in [7, 11) is 0.